The first-order valence-electron chi connectivity index (χ1n) is 10.3. The largest absolute Gasteiger partial charge is 0.496 e. The standard InChI is InChI=1S/C25H22BrN3O2/c1-31-23-13-7-2-8-17(23)15-29-22-12-6-4-10-20(22)27-25(29)18-14-24(30)28(16-18)21-11-5-3-9-19(21)26/h2-13,18H,14-16H2,1H3. The van der Waals surface area contributed by atoms with Crippen molar-refractivity contribution in [1.82, 2.24) is 9.55 Å². The van der Waals surface area contributed by atoms with Gasteiger partial charge in [0.05, 0.1) is 30.4 Å². The lowest BCUT2D eigenvalue weighted by atomic mass is 10.1. The number of fused-ring (bicyclic) bond motifs is 1. The van der Waals surface area contributed by atoms with E-state index in [-0.39, 0.29) is 11.8 Å². The Morgan fingerprint density at radius 1 is 1.03 bits per heavy atom. The molecular weight excluding hydrogens is 454 g/mol. The van der Waals surface area contributed by atoms with Gasteiger partial charge >= 0.3 is 0 Å². The Hall–Kier alpha value is -3.12. The van der Waals surface area contributed by atoms with Gasteiger partial charge in [-0.3, -0.25) is 4.79 Å². The molecule has 2 heterocycles. The van der Waals surface area contributed by atoms with Gasteiger partial charge < -0.3 is 14.2 Å². The van der Waals surface area contributed by atoms with Gasteiger partial charge in [0.25, 0.3) is 0 Å². The third kappa shape index (κ3) is 3.61. The summed E-state index contributed by atoms with van der Waals surface area (Å²) < 4.78 is 8.73. The molecule has 1 unspecified atom stereocenters. The summed E-state index contributed by atoms with van der Waals surface area (Å²) >= 11 is 3.58. The quantitative estimate of drug-likeness (QED) is 0.389. The minimum absolute atomic E-state index is 0.0155. The fourth-order valence-corrected chi connectivity index (χ4v) is 4.86. The Morgan fingerprint density at radius 3 is 2.61 bits per heavy atom. The average molecular weight is 476 g/mol. The number of nitrogens with zero attached hydrogens (tertiary/aromatic N) is 3. The molecule has 5 rings (SSSR count). The number of benzene rings is 3. The normalized spacial score (nSPS) is 16.3. The van der Waals surface area contributed by atoms with E-state index in [0.29, 0.717) is 19.5 Å². The maximum atomic E-state index is 12.9. The zero-order valence-corrected chi connectivity index (χ0v) is 18.7. The highest BCUT2D eigenvalue weighted by Gasteiger charge is 2.35. The molecule has 1 fully saturated rings. The molecule has 5 nitrogen and oxygen atoms in total. The van der Waals surface area contributed by atoms with E-state index in [1.165, 1.54) is 0 Å². The van der Waals surface area contributed by atoms with E-state index in [9.17, 15) is 4.79 Å². The van der Waals surface area contributed by atoms with E-state index in [4.69, 9.17) is 9.72 Å². The van der Waals surface area contributed by atoms with Crippen LogP contribution in [-0.2, 0) is 11.3 Å². The summed E-state index contributed by atoms with van der Waals surface area (Å²) in [7, 11) is 1.69. The number of hydrogen-bond acceptors (Lipinski definition) is 3. The predicted molar refractivity (Wildman–Crippen MR) is 126 cm³/mol. The average Bonchev–Trinajstić information content (AvgIpc) is 3.35. The van der Waals surface area contributed by atoms with Crippen LogP contribution in [0.2, 0.25) is 0 Å². The molecule has 1 amide bonds. The number of carbonyl (C=O) groups excluding carboxylic acids is 1. The van der Waals surface area contributed by atoms with Crippen molar-refractivity contribution in [3.8, 4) is 5.75 Å². The molecule has 0 aliphatic carbocycles. The Kier molecular flexibility index (Phi) is 5.24. The van der Waals surface area contributed by atoms with Gasteiger partial charge in [-0.1, -0.05) is 42.5 Å². The van der Waals surface area contributed by atoms with Gasteiger partial charge in [0.1, 0.15) is 11.6 Å². The second-order valence-corrected chi connectivity index (χ2v) is 8.57. The maximum absolute atomic E-state index is 12.9. The van der Waals surface area contributed by atoms with Gasteiger partial charge in [0.15, 0.2) is 0 Å². The molecule has 1 saturated heterocycles. The molecule has 6 heteroatoms. The highest BCUT2D eigenvalue weighted by molar-refractivity contribution is 9.10. The Balaban J connectivity index is 1.55. The molecule has 3 aromatic carbocycles. The highest BCUT2D eigenvalue weighted by Crippen LogP contribution is 2.36. The van der Waals surface area contributed by atoms with Gasteiger partial charge in [-0.05, 0) is 46.3 Å². The van der Waals surface area contributed by atoms with Crippen molar-refractivity contribution >= 4 is 38.6 Å². The van der Waals surface area contributed by atoms with E-state index in [1.807, 2.05) is 65.6 Å². The van der Waals surface area contributed by atoms with Crippen molar-refractivity contribution in [2.24, 2.45) is 0 Å². The molecular formula is C25H22BrN3O2. The van der Waals surface area contributed by atoms with E-state index in [0.717, 1.165) is 38.3 Å². The number of anilines is 1. The molecule has 31 heavy (non-hydrogen) atoms. The smallest absolute Gasteiger partial charge is 0.227 e. The van der Waals surface area contributed by atoms with Crippen molar-refractivity contribution in [1.29, 1.82) is 0 Å². The van der Waals surface area contributed by atoms with Crippen LogP contribution in [0.3, 0.4) is 0 Å². The lowest BCUT2D eigenvalue weighted by Gasteiger charge is -2.19. The number of para-hydroxylation sites is 4. The lowest BCUT2D eigenvalue weighted by Crippen LogP contribution is -2.25. The second-order valence-electron chi connectivity index (χ2n) is 7.71. The number of methoxy groups -OCH3 is 1. The summed E-state index contributed by atoms with van der Waals surface area (Å²) in [4.78, 5) is 19.8. The summed E-state index contributed by atoms with van der Waals surface area (Å²) in [6.07, 6.45) is 0.441. The summed E-state index contributed by atoms with van der Waals surface area (Å²) in [6.45, 7) is 1.25. The van der Waals surface area contributed by atoms with Crippen molar-refractivity contribution in [2.45, 2.75) is 18.9 Å². The van der Waals surface area contributed by atoms with Gasteiger partial charge in [-0.2, -0.15) is 0 Å². The number of halogens is 1. The van der Waals surface area contributed by atoms with Gasteiger partial charge in [0.2, 0.25) is 5.91 Å². The van der Waals surface area contributed by atoms with E-state index >= 15 is 0 Å². The van der Waals surface area contributed by atoms with Crippen molar-refractivity contribution in [3.05, 3.63) is 88.7 Å². The summed E-state index contributed by atoms with van der Waals surface area (Å²) in [5, 5.41) is 0. The molecule has 0 bridgehead atoms. The van der Waals surface area contributed by atoms with Crippen molar-refractivity contribution in [2.75, 3.05) is 18.6 Å². The monoisotopic (exact) mass is 475 g/mol. The molecule has 0 saturated carbocycles. The number of rotatable bonds is 5. The predicted octanol–water partition coefficient (Wildman–Crippen LogP) is 5.38. The summed E-state index contributed by atoms with van der Waals surface area (Å²) in [5.41, 5.74) is 4.00. The number of ether oxygens (including phenoxy) is 1. The SMILES string of the molecule is COc1ccccc1Cn1c(C2CC(=O)N(c3ccccc3Br)C2)nc2ccccc21. The molecule has 1 aliphatic heterocycles. The van der Waals surface area contributed by atoms with Crippen LogP contribution in [0.4, 0.5) is 5.69 Å². The molecule has 1 atom stereocenters. The third-order valence-corrected chi connectivity index (χ3v) is 6.51. The van der Waals surface area contributed by atoms with Crippen LogP contribution in [0.25, 0.3) is 11.0 Å². The van der Waals surface area contributed by atoms with Crippen LogP contribution in [-0.4, -0.2) is 29.1 Å². The molecule has 0 spiro atoms. The molecule has 1 aromatic heterocycles. The maximum Gasteiger partial charge on any atom is 0.227 e. The molecule has 0 radical (unpaired) electrons. The minimum Gasteiger partial charge on any atom is -0.496 e. The molecule has 156 valence electrons. The Labute approximate surface area is 189 Å². The first-order valence-corrected chi connectivity index (χ1v) is 11.1. The van der Waals surface area contributed by atoms with Crippen LogP contribution < -0.4 is 9.64 Å². The van der Waals surface area contributed by atoms with Gasteiger partial charge in [-0.15, -0.1) is 0 Å². The second kappa shape index (κ2) is 8.19. The minimum atomic E-state index is 0.0155. The van der Waals surface area contributed by atoms with Crippen molar-refractivity contribution < 1.29 is 9.53 Å². The molecule has 1 aliphatic rings. The fraction of sp³-hybridized carbons (Fsp3) is 0.200. The highest BCUT2D eigenvalue weighted by atomic mass is 79.9. The van der Waals surface area contributed by atoms with Gasteiger partial charge in [-0.25, -0.2) is 4.98 Å². The number of hydrogen-bond donors (Lipinski definition) is 0. The van der Waals surface area contributed by atoms with Crippen LogP contribution in [0.1, 0.15) is 23.7 Å². The lowest BCUT2D eigenvalue weighted by molar-refractivity contribution is -0.117. The zero-order chi connectivity index (χ0) is 21.4. The molecule has 4 aromatic rings. The number of aromatic nitrogens is 2. The van der Waals surface area contributed by atoms with Crippen LogP contribution in [0.15, 0.2) is 77.3 Å². The fourth-order valence-electron chi connectivity index (χ4n) is 4.36. The number of carbonyl (C=O) groups is 1. The first-order chi connectivity index (χ1) is 15.2. The third-order valence-electron chi connectivity index (χ3n) is 5.84. The van der Waals surface area contributed by atoms with Crippen LogP contribution in [0.5, 0.6) is 5.75 Å². The van der Waals surface area contributed by atoms with Crippen LogP contribution in [0, 0.1) is 0 Å². The first kappa shape index (κ1) is 19.8. The Morgan fingerprint density at radius 2 is 1.77 bits per heavy atom. The van der Waals surface area contributed by atoms with Gasteiger partial charge in [0, 0.05) is 28.9 Å². The number of imidazole rings is 1. The summed E-state index contributed by atoms with van der Waals surface area (Å²) in [6, 6.07) is 24.0. The summed E-state index contributed by atoms with van der Waals surface area (Å²) in [5.74, 6) is 1.92. The topological polar surface area (TPSA) is 47.4 Å². The zero-order valence-electron chi connectivity index (χ0n) is 17.2. The van der Waals surface area contributed by atoms with Crippen LogP contribution >= 0.6 is 15.9 Å². The van der Waals surface area contributed by atoms with Crippen molar-refractivity contribution in [3.63, 3.8) is 0 Å². The number of amides is 1. The molecule has 0 N–H and O–H groups in total. The van der Waals surface area contributed by atoms with E-state index in [1.54, 1.807) is 7.11 Å². The van der Waals surface area contributed by atoms with E-state index < -0.39 is 0 Å². The van der Waals surface area contributed by atoms with E-state index in [2.05, 4.69) is 32.6 Å². The Bertz CT molecular complexity index is 1270.